The van der Waals surface area contributed by atoms with Crippen LogP contribution in [0, 0.1) is 6.92 Å². The smallest absolute Gasteiger partial charge is 0.138 e. The average Bonchev–Trinajstić information content (AvgIpc) is 2.38. The van der Waals surface area contributed by atoms with Crippen LogP contribution in [0.1, 0.15) is 36.6 Å². The lowest BCUT2D eigenvalue weighted by atomic mass is 10.0. The summed E-state index contributed by atoms with van der Waals surface area (Å²) in [5, 5.41) is 10.4. The van der Waals surface area contributed by atoms with Crippen molar-refractivity contribution in [3.63, 3.8) is 0 Å². The minimum absolute atomic E-state index is 0.0781. The van der Waals surface area contributed by atoms with Gasteiger partial charge in [-0.05, 0) is 38.5 Å². The Morgan fingerprint density at radius 1 is 1.16 bits per heavy atom. The number of aliphatic hydroxyl groups excluding tert-OH is 1. The summed E-state index contributed by atoms with van der Waals surface area (Å²) in [7, 11) is 0. The molecule has 0 aliphatic rings. The third-order valence-electron chi connectivity index (χ3n) is 2.80. The zero-order chi connectivity index (χ0) is 13.8. The summed E-state index contributed by atoms with van der Waals surface area (Å²) < 4.78 is 5.58. The highest BCUT2D eigenvalue weighted by atomic mass is 16.5. The van der Waals surface area contributed by atoms with Crippen LogP contribution in [0.15, 0.2) is 36.9 Å². The molecular formula is C15H18N2O2. The molecule has 2 aromatic heterocycles. The first-order valence-electron chi connectivity index (χ1n) is 6.28. The first-order chi connectivity index (χ1) is 9.08. The Morgan fingerprint density at radius 3 is 2.63 bits per heavy atom. The van der Waals surface area contributed by atoms with Gasteiger partial charge in [0.15, 0.2) is 0 Å². The van der Waals surface area contributed by atoms with Crippen LogP contribution in [-0.4, -0.2) is 21.2 Å². The Morgan fingerprint density at radius 2 is 1.95 bits per heavy atom. The number of aliphatic hydroxyl groups is 1. The van der Waals surface area contributed by atoms with E-state index in [0.717, 1.165) is 11.1 Å². The number of hydrogen-bond acceptors (Lipinski definition) is 4. The van der Waals surface area contributed by atoms with Gasteiger partial charge in [0.2, 0.25) is 0 Å². The van der Waals surface area contributed by atoms with Crippen LogP contribution in [0.25, 0.3) is 0 Å². The Hall–Kier alpha value is -1.94. The second-order valence-corrected chi connectivity index (χ2v) is 4.76. The molecule has 1 N–H and O–H groups in total. The molecule has 2 aromatic rings. The number of rotatable bonds is 4. The summed E-state index contributed by atoms with van der Waals surface area (Å²) in [5.41, 5.74) is 2.48. The molecule has 0 spiro atoms. The maximum absolute atomic E-state index is 10.4. The molecule has 0 aliphatic heterocycles. The van der Waals surface area contributed by atoms with Crippen molar-refractivity contribution in [2.75, 3.05) is 0 Å². The molecule has 0 aromatic carbocycles. The van der Waals surface area contributed by atoms with Crippen molar-refractivity contribution in [3.8, 4) is 5.75 Å². The van der Waals surface area contributed by atoms with Gasteiger partial charge in [-0.25, -0.2) is 0 Å². The fraction of sp³-hybridized carbons (Fsp3) is 0.333. The third-order valence-corrected chi connectivity index (χ3v) is 2.80. The van der Waals surface area contributed by atoms with Gasteiger partial charge in [0.1, 0.15) is 11.9 Å². The molecule has 1 unspecified atom stereocenters. The lowest BCUT2D eigenvalue weighted by molar-refractivity contribution is 0.214. The second kappa shape index (κ2) is 5.80. The molecule has 0 bridgehead atoms. The SMILES string of the molecule is Cc1ccncc1C(O)c1cncc(OC(C)C)c1. The van der Waals surface area contributed by atoms with Gasteiger partial charge in [0.05, 0.1) is 12.3 Å². The molecule has 1 atom stereocenters. The van der Waals surface area contributed by atoms with Gasteiger partial charge in [0.25, 0.3) is 0 Å². The normalized spacial score (nSPS) is 12.5. The van der Waals surface area contributed by atoms with E-state index >= 15 is 0 Å². The molecule has 2 rings (SSSR count). The van der Waals surface area contributed by atoms with E-state index in [1.165, 1.54) is 0 Å². The number of pyridine rings is 2. The summed E-state index contributed by atoms with van der Waals surface area (Å²) in [5.74, 6) is 0.660. The molecule has 4 nitrogen and oxygen atoms in total. The quantitative estimate of drug-likeness (QED) is 0.916. The van der Waals surface area contributed by atoms with Crippen LogP contribution in [0.2, 0.25) is 0 Å². The van der Waals surface area contributed by atoms with Gasteiger partial charge in [-0.15, -0.1) is 0 Å². The molecule has 0 saturated heterocycles. The summed E-state index contributed by atoms with van der Waals surface area (Å²) >= 11 is 0. The van der Waals surface area contributed by atoms with E-state index in [1.54, 1.807) is 24.8 Å². The molecule has 0 radical (unpaired) electrons. The molecule has 0 fully saturated rings. The van der Waals surface area contributed by atoms with Crippen LogP contribution >= 0.6 is 0 Å². The highest BCUT2D eigenvalue weighted by molar-refractivity contribution is 5.34. The van der Waals surface area contributed by atoms with Crippen LogP contribution in [0.5, 0.6) is 5.75 Å². The topological polar surface area (TPSA) is 55.2 Å². The zero-order valence-electron chi connectivity index (χ0n) is 11.4. The number of aryl methyl sites for hydroxylation is 1. The largest absolute Gasteiger partial charge is 0.489 e. The molecule has 4 heteroatoms. The van der Waals surface area contributed by atoms with Crippen LogP contribution in [0.3, 0.4) is 0 Å². The van der Waals surface area contributed by atoms with Gasteiger partial charge in [-0.1, -0.05) is 0 Å². The Kier molecular flexibility index (Phi) is 4.12. The molecule has 19 heavy (non-hydrogen) atoms. The Labute approximate surface area is 113 Å². The molecule has 0 aliphatic carbocycles. The van der Waals surface area contributed by atoms with E-state index in [2.05, 4.69) is 9.97 Å². The van der Waals surface area contributed by atoms with Crippen molar-refractivity contribution in [1.82, 2.24) is 9.97 Å². The van der Waals surface area contributed by atoms with Crippen molar-refractivity contribution in [3.05, 3.63) is 53.6 Å². The van der Waals surface area contributed by atoms with Crippen molar-refractivity contribution in [1.29, 1.82) is 0 Å². The van der Waals surface area contributed by atoms with Gasteiger partial charge in [-0.3, -0.25) is 9.97 Å². The van der Waals surface area contributed by atoms with Gasteiger partial charge >= 0.3 is 0 Å². The maximum atomic E-state index is 10.4. The lowest BCUT2D eigenvalue weighted by Gasteiger charge is -2.15. The number of ether oxygens (including phenoxy) is 1. The van der Waals surface area contributed by atoms with Gasteiger partial charge in [-0.2, -0.15) is 0 Å². The molecule has 0 amide bonds. The number of hydrogen-bond donors (Lipinski definition) is 1. The van der Waals surface area contributed by atoms with Crippen molar-refractivity contribution < 1.29 is 9.84 Å². The Balaban J connectivity index is 2.29. The molecule has 100 valence electrons. The molecule has 2 heterocycles. The highest BCUT2D eigenvalue weighted by Gasteiger charge is 2.14. The summed E-state index contributed by atoms with van der Waals surface area (Å²) in [6.45, 7) is 5.85. The fourth-order valence-corrected chi connectivity index (χ4v) is 1.86. The number of nitrogens with zero attached hydrogens (tertiary/aromatic N) is 2. The summed E-state index contributed by atoms with van der Waals surface area (Å²) in [6, 6.07) is 3.69. The van der Waals surface area contributed by atoms with Crippen LogP contribution in [-0.2, 0) is 0 Å². The van der Waals surface area contributed by atoms with Crippen molar-refractivity contribution >= 4 is 0 Å². The molecule has 0 saturated carbocycles. The van der Waals surface area contributed by atoms with E-state index in [4.69, 9.17) is 4.74 Å². The Bertz CT molecular complexity index is 555. The van der Waals surface area contributed by atoms with E-state index in [-0.39, 0.29) is 6.10 Å². The number of aromatic nitrogens is 2. The predicted molar refractivity (Wildman–Crippen MR) is 73.0 cm³/mol. The fourth-order valence-electron chi connectivity index (χ4n) is 1.86. The summed E-state index contributed by atoms with van der Waals surface area (Å²) in [4.78, 5) is 8.16. The predicted octanol–water partition coefficient (Wildman–Crippen LogP) is 2.65. The van der Waals surface area contributed by atoms with Gasteiger partial charge < -0.3 is 9.84 Å². The zero-order valence-corrected chi connectivity index (χ0v) is 11.4. The minimum atomic E-state index is -0.739. The van der Waals surface area contributed by atoms with Gasteiger partial charge in [0, 0.05) is 29.7 Å². The van der Waals surface area contributed by atoms with E-state index in [0.29, 0.717) is 11.3 Å². The average molecular weight is 258 g/mol. The molecular weight excluding hydrogens is 240 g/mol. The minimum Gasteiger partial charge on any atom is -0.489 e. The van der Waals surface area contributed by atoms with Crippen molar-refractivity contribution in [2.45, 2.75) is 33.0 Å². The third kappa shape index (κ3) is 3.29. The standard InChI is InChI=1S/C15H18N2O2/c1-10(2)19-13-6-12(7-17-8-13)15(18)14-9-16-5-4-11(14)3/h4-10,15,18H,1-3H3. The lowest BCUT2D eigenvalue weighted by Crippen LogP contribution is -2.08. The summed E-state index contributed by atoms with van der Waals surface area (Å²) in [6.07, 6.45) is 6.01. The van der Waals surface area contributed by atoms with Crippen LogP contribution in [0.4, 0.5) is 0 Å². The monoisotopic (exact) mass is 258 g/mol. The van der Waals surface area contributed by atoms with Crippen LogP contribution < -0.4 is 4.74 Å². The highest BCUT2D eigenvalue weighted by Crippen LogP contribution is 2.25. The van der Waals surface area contributed by atoms with Crippen molar-refractivity contribution in [2.24, 2.45) is 0 Å². The second-order valence-electron chi connectivity index (χ2n) is 4.76. The van der Waals surface area contributed by atoms with E-state index in [1.807, 2.05) is 32.9 Å². The first kappa shape index (κ1) is 13.5. The maximum Gasteiger partial charge on any atom is 0.138 e. The first-order valence-corrected chi connectivity index (χ1v) is 6.28. The van der Waals surface area contributed by atoms with E-state index in [9.17, 15) is 5.11 Å². The van der Waals surface area contributed by atoms with E-state index < -0.39 is 6.10 Å².